The molecule has 0 atom stereocenters. The molecule has 3 aromatic rings. The third kappa shape index (κ3) is 5.16. The number of rotatable bonds is 6. The zero-order valence-electron chi connectivity index (χ0n) is 19.8. The molecule has 0 saturated heterocycles. The number of anilines is 1. The van der Waals surface area contributed by atoms with Crippen molar-refractivity contribution in [1.82, 2.24) is 14.7 Å². The minimum Gasteiger partial charge on any atom is -0.361 e. The van der Waals surface area contributed by atoms with Crippen LogP contribution in [0.3, 0.4) is 0 Å². The third-order valence-corrected chi connectivity index (χ3v) is 8.77. The molecular formula is C25H31N5O2S2. The first-order valence-electron chi connectivity index (χ1n) is 11.5. The number of sulfonamides is 1. The maximum Gasteiger partial charge on any atom is 0.243 e. The van der Waals surface area contributed by atoms with Crippen LogP contribution in [0.2, 0.25) is 0 Å². The van der Waals surface area contributed by atoms with E-state index in [4.69, 9.17) is 12.2 Å². The topological polar surface area (TPSA) is 89.6 Å². The lowest BCUT2D eigenvalue weighted by Gasteiger charge is -2.30. The average Bonchev–Trinajstić information content (AvgIpc) is 3.24. The Kier molecular flexibility index (Phi) is 7.35. The number of nitrogens with one attached hydrogen (secondary N) is 3. The van der Waals surface area contributed by atoms with Gasteiger partial charge in [0.25, 0.3) is 0 Å². The summed E-state index contributed by atoms with van der Waals surface area (Å²) in [4.78, 5) is 3.47. The first-order chi connectivity index (χ1) is 16.3. The summed E-state index contributed by atoms with van der Waals surface area (Å²) in [5.74, 6) is 0. The molecule has 0 amide bonds. The van der Waals surface area contributed by atoms with E-state index in [-0.39, 0.29) is 6.04 Å². The maximum atomic E-state index is 13.3. The van der Waals surface area contributed by atoms with Crippen LogP contribution in [0.1, 0.15) is 48.8 Å². The van der Waals surface area contributed by atoms with E-state index in [1.165, 1.54) is 12.0 Å². The Morgan fingerprint density at radius 3 is 2.71 bits per heavy atom. The number of nitrogens with zero attached hydrogens (tertiary/aromatic N) is 2. The van der Waals surface area contributed by atoms with Crippen LogP contribution in [0.25, 0.3) is 10.9 Å². The molecule has 1 heterocycles. The summed E-state index contributed by atoms with van der Waals surface area (Å²) in [5.41, 5.74) is 7.68. The number of fused-ring (bicyclic) bond motifs is 1. The monoisotopic (exact) mass is 497 g/mol. The largest absolute Gasteiger partial charge is 0.361 e. The summed E-state index contributed by atoms with van der Waals surface area (Å²) in [6.45, 7) is 4.08. The van der Waals surface area contributed by atoms with Crippen LogP contribution in [0.5, 0.6) is 0 Å². The van der Waals surface area contributed by atoms with Crippen LogP contribution in [-0.4, -0.2) is 42.1 Å². The molecule has 2 aromatic carbocycles. The molecule has 0 unspecified atom stereocenters. The Balaban J connectivity index is 1.49. The van der Waals surface area contributed by atoms with E-state index in [1.54, 1.807) is 42.0 Å². The lowest BCUT2D eigenvalue weighted by molar-refractivity contribution is 0.286. The second kappa shape index (κ2) is 10.2. The van der Waals surface area contributed by atoms with Gasteiger partial charge in [-0.1, -0.05) is 31.4 Å². The Labute approximate surface area is 206 Å². The molecule has 0 spiro atoms. The van der Waals surface area contributed by atoms with Gasteiger partial charge in [0, 0.05) is 41.4 Å². The smallest absolute Gasteiger partial charge is 0.243 e. The van der Waals surface area contributed by atoms with Gasteiger partial charge in [-0.2, -0.15) is 9.41 Å². The molecule has 1 aromatic heterocycles. The fraction of sp³-hybridized carbons (Fsp3) is 0.360. The van der Waals surface area contributed by atoms with E-state index < -0.39 is 10.0 Å². The standard InChI is InChI=1S/C25H31N5O2S2/c1-17-8-7-11-23(18(17)2)28-25(33)29-27-16-19-15-26-24-13-12-21(14-22(19)24)34(31,32)30(3)20-9-5-4-6-10-20/h7-8,11-16,20,26H,4-6,9-10H2,1-3H3,(H2,28,29,33)/b27-16+. The van der Waals surface area contributed by atoms with Gasteiger partial charge in [0.05, 0.1) is 11.1 Å². The first kappa shape index (κ1) is 24.4. The Hall–Kier alpha value is -2.75. The minimum absolute atomic E-state index is 0.0662. The van der Waals surface area contributed by atoms with E-state index in [9.17, 15) is 8.42 Å². The van der Waals surface area contributed by atoms with Crippen molar-refractivity contribution in [2.75, 3.05) is 12.4 Å². The van der Waals surface area contributed by atoms with E-state index in [2.05, 4.69) is 20.8 Å². The van der Waals surface area contributed by atoms with E-state index in [0.717, 1.165) is 53.4 Å². The van der Waals surface area contributed by atoms with Gasteiger partial charge in [-0.25, -0.2) is 8.42 Å². The number of hydrogen-bond acceptors (Lipinski definition) is 4. The average molecular weight is 498 g/mol. The van der Waals surface area contributed by atoms with Gasteiger partial charge < -0.3 is 10.3 Å². The number of aryl methyl sites for hydroxylation is 1. The van der Waals surface area contributed by atoms with Crippen LogP contribution in [-0.2, 0) is 10.0 Å². The van der Waals surface area contributed by atoms with Gasteiger partial charge in [0.1, 0.15) is 0 Å². The molecule has 1 aliphatic rings. The third-order valence-electron chi connectivity index (χ3n) is 6.67. The highest BCUT2D eigenvalue weighted by atomic mass is 32.2. The van der Waals surface area contributed by atoms with Crippen LogP contribution in [0, 0.1) is 13.8 Å². The van der Waals surface area contributed by atoms with Gasteiger partial charge in [-0.05, 0) is 74.3 Å². The molecule has 0 radical (unpaired) electrons. The maximum absolute atomic E-state index is 13.3. The van der Waals surface area contributed by atoms with Gasteiger partial charge in [-0.15, -0.1) is 0 Å². The quantitative estimate of drug-likeness (QED) is 0.252. The summed E-state index contributed by atoms with van der Waals surface area (Å²) in [6.07, 6.45) is 8.61. The number of benzene rings is 2. The Morgan fingerprint density at radius 2 is 1.94 bits per heavy atom. The fourth-order valence-corrected chi connectivity index (χ4v) is 6.00. The highest BCUT2D eigenvalue weighted by molar-refractivity contribution is 7.89. The summed E-state index contributed by atoms with van der Waals surface area (Å²) in [7, 11) is -1.88. The SMILES string of the molecule is Cc1cccc(NC(=S)N/N=C/c2c[nH]c3ccc(S(=O)(=O)N(C)C4CCCCC4)cc23)c1C. The van der Waals surface area contributed by atoms with Gasteiger partial charge in [0.15, 0.2) is 5.11 Å². The number of hydrogen-bond donors (Lipinski definition) is 3. The van der Waals surface area contributed by atoms with Crippen molar-refractivity contribution in [2.45, 2.75) is 56.9 Å². The molecule has 1 aliphatic carbocycles. The zero-order chi connectivity index (χ0) is 24.3. The molecule has 1 fully saturated rings. The molecule has 1 saturated carbocycles. The number of hydrazone groups is 1. The van der Waals surface area contributed by atoms with Crippen LogP contribution in [0.4, 0.5) is 5.69 Å². The molecule has 7 nitrogen and oxygen atoms in total. The van der Waals surface area contributed by atoms with Crippen molar-refractivity contribution in [1.29, 1.82) is 0 Å². The predicted octanol–water partition coefficient (Wildman–Crippen LogP) is 5.06. The summed E-state index contributed by atoms with van der Waals surface area (Å²) in [6, 6.07) is 11.2. The second-order valence-electron chi connectivity index (χ2n) is 8.84. The Bertz CT molecular complexity index is 1320. The highest BCUT2D eigenvalue weighted by Crippen LogP contribution is 2.28. The zero-order valence-corrected chi connectivity index (χ0v) is 21.4. The van der Waals surface area contributed by atoms with Crippen molar-refractivity contribution in [3.63, 3.8) is 0 Å². The normalized spacial score (nSPS) is 15.3. The van der Waals surface area contributed by atoms with Crippen LogP contribution in [0.15, 0.2) is 52.6 Å². The molecule has 3 N–H and O–H groups in total. The molecule has 4 rings (SSSR count). The van der Waals surface area contributed by atoms with Gasteiger partial charge >= 0.3 is 0 Å². The molecule has 34 heavy (non-hydrogen) atoms. The lowest BCUT2D eigenvalue weighted by atomic mass is 9.96. The molecule has 9 heteroatoms. The number of aromatic amines is 1. The molecule has 0 aliphatic heterocycles. The predicted molar refractivity (Wildman–Crippen MR) is 143 cm³/mol. The van der Waals surface area contributed by atoms with E-state index in [1.807, 2.05) is 32.0 Å². The summed E-state index contributed by atoms with van der Waals surface area (Å²) < 4.78 is 28.1. The van der Waals surface area contributed by atoms with Crippen molar-refractivity contribution in [3.8, 4) is 0 Å². The number of thiocarbonyl (C=S) groups is 1. The summed E-state index contributed by atoms with van der Waals surface area (Å²) >= 11 is 5.36. The second-order valence-corrected chi connectivity index (χ2v) is 11.2. The fourth-order valence-electron chi connectivity index (χ4n) is 4.39. The molecule has 0 bridgehead atoms. The van der Waals surface area contributed by atoms with Crippen molar-refractivity contribution in [3.05, 3.63) is 59.3 Å². The molecular weight excluding hydrogens is 466 g/mol. The Morgan fingerprint density at radius 1 is 1.18 bits per heavy atom. The van der Waals surface area contributed by atoms with Crippen LogP contribution < -0.4 is 10.7 Å². The van der Waals surface area contributed by atoms with E-state index >= 15 is 0 Å². The van der Waals surface area contributed by atoms with Crippen molar-refractivity contribution in [2.24, 2.45) is 5.10 Å². The highest BCUT2D eigenvalue weighted by Gasteiger charge is 2.29. The van der Waals surface area contributed by atoms with Crippen molar-refractivity contribution < 1.29 is 8.42 Å². The first-order valence-corrected chi connectivity index (χ1v) is 13.4. The summed E-state index contributed by atoms with van der Waals surface area (Å²) in [5, 5.41) is 8.57. The minimum atomic E-state index is -3.57. The number of aromatic nitrogens is 1. The number of H-pyrrole nitrogens is 1. The van der Waals surface area contributed by atoms with Crippen molar-refractivity contribution >= 4 is 50.2 Å². The van der Waals surface area contributed by atoms with Gasteiger partial charge in [-0.3, -0.25) is 5.43 Å². The lowest BCUT2D eigenvalue weighted by Crippen LogP contribution is -2.38. The van der Waals surface area contributed by atoms with Crippen LogP contribution >= 0.6 is 12.2 Å². The molecule has 180 valence electrons. The van der Waals surface area contributed by atoms with E-state index in [0.29, 0.717) is 10.0 Å². The van der Waals surface area contributed by atoms with Gasteiger partial charge in [0.2, 0.25) is 10.0 Å².